The summed E-state index contributed by atoms with van der Waals surface area (Å²) in [5.41, 5.74) is 1.41. The zero-order valence-corrected chi connectivity index (χ0v) is 11.8. The number of nitrogens with one attached hydrogen (secondary N) is 1. The minimum absolute atomic E-state index is 0.727. The molecule has 1 aromatic rings. The number of hydrogen-bond acceptors (Lipinski definition) is 4. The zero-order chi connectivity index (χ0) is 12.1. The van der Waals surface area contributed by atoms with Crippen LogP contribution in [0.3, 0.4) is 0 Å². The van der Waals surface area contributed by atoms with E-state index < -0.39 is 0 Å². The van der Waals surface area contributed by atoms with Crippen LogP contribution in [0, 0.1) is 0 Å². The number of hydrogen-bond donors (Lipinski definition) is 1. The van der Waals surface area contributed by atoms with Crippen LogP contribution in [0.2, 0.25) is 0 Å². The Balaban J connectivity index is 1.61. The molecule has 0 saturated carbocycles. The predicted molar refractivity (Wildman–Crippen MR) is 75.5 cm³/mol. The molecule has 98 valence electrons. The number of nitrogens with zero attached hydrogens (tertiary/aromatic N) is 2. The second-order valence-corrected chi connectivity index (χ2v) is 7.03. The van der Waals surface area contributed by atoms with Crippen molar-refractivity contribution in [2.75, 3.05) is 11.9 Å². The Kier molecular flexibility index (Phi) is 2.62. The Morgan fingerprint density at radius 2 is 2.00 bits per heavy atom. The molecule has 1 aliphatic carbocycles. The van der Waals surface area contributed by atoms with Gasteiger partial charge in [-0.1, -0.05) is 0 Å². The lowest BCUT2D eigenvalue weighted by Crippen LogP contribution is -2.48. The molecule has 1 N–H and O–H groups in total. The van der Waals surface area contributed by atoms with Gasteiger partial charge in [0.1, 0.15) is 0 Å². The lowest BCUT2D eigenvalue weighted by molar-refractivity contribution is 0.373. The molecule has 2 unspecified atom stereocenters. The van der Waals surface area contributed by atoms with Crippen LogP contribution in [0.25, 0.3) is 0 Å². The van der Waals surface area contributed by atoms with Crippen LogP contribution in [0.1, 0.15) is 42.7 Å². The summed E-state index contributed by atoms with van der Waals surface area (Å²) < 4.78 is 0. The fraction of sp³-hybridized carbons (Fsp3) is 0.786. The molecule has 2 atom stereocenters. The van der Waals surface area contributed by atoms with Gasteiger partial charge in [0.25, 0.3) is 0 Å². The Hall–Kier alpha value is -0.610. The Bertz CT molecular complexity index is 420. The molecule has 3 aliphatic rings. The maximum absolute atomic E-state index is 4.93. The quantitative estimate of drug-likeness (QED) is 0.888. The van der Waals surface area contributed by atoms with E-state index in [1.165, 1.54) is 55.8 Å². The normalized spacial score (nSPS) is 34.1. The van der Waals surface area contributed by atoms with Crippen molar-refractivity contribution < 1.29 is 0 Å². The molecule has 3 nitrogen and oxygen atoms in total. The Morgan fingerprint density at radius 1 is 1.22 bits per heavy atom. The van der Waals surface area contributed by atoms with E-state index in [4.69, 9.17) is 4.98 Å². The first-order valence-electron chi connectivity index (χ1n) is 7.29. The molecular weight excluding hydrogens is 242 g/mol. The minimum atomic E-state index is 0.727. The van der Waals surface area contributed by atoms with Gasteiger partial charge in [-0.25, -0.2) is 4.98 Å². The summed E-state index contributed by atoms with van der Waals surface area (Å²) in [6.07, 6.45) is 9.15. The van der Waals surface area contributed by atoms with E-state index in [0.29, 0.717) is 0 Å². The predicted octanol–water partition coefficient (Wildman–Crippen LogP) is 2.35. The third-order valence-electron chi connectivity index (χ3n) is 4.95. The topological polar surface area (TPSA) is 28.2 Å². The van der Waals surface area contributed by atoms with Gasteiger partial charge >= 0.3 is 0 Å². The van der Waals surface area contributed by atoms with Crippen molar-refractivity contribution in [1.82, 2.24) is 10.3 Å². The van der Waals surface area contributed by atoms with Crippen LogP contribution in [0.5, 0.6) is 0 Å². The zero-order valence-electron chi connectivity index (χ0n) is 11.0. The van der Waals surface area contributed by atoms with Gasteiger partial charge in [0, 0.05) is 23.0 Å². The maximum atomic E-state index is 4.93. The van der Waals surface area contributed by atoms with Crippen LogP contribution in [0.4, 0.5) is 5.13 Å². The summed E-state index contributed by atoms with van der Waals surface area (Å²) >= 11 is 1.98. The number of aromatic nitrogens is 1. The molecule has 0 aromatic carbocycles. The molecular formula is C14H21N3S. The van der Waals surface area contributed by atoms with Crippen molar-refractivity contribution in [1.29, 1.82) is 0 Å². The highest BCUT2D eigenvalue weighted by Gasteiger charge is 2.41. The number of anilines is 1. The SMILES string of the molecule is CNC1CC2CCC(C1)N2c1nc2c(s1)CCC2. The third kappa shape index (κ3) is 1.62. The van der Waals surface area contributed by atoms with Gasteiger partial charge in [-0.05, 0) is 52.0 Å². The van der Waals surface area contributed by atoms with E-state index in [1.807, 2.05) is 11.3 Å². The Morgan fingerprint density at radius 3 is 2.67 bits per heavy atom. The van der Waals surface area contributed by atoms with E-state index in [0.717, 1.165) is 18.1 Å². The van der Waals surface area contributed by atoms with Crippen molar-refractivity contribution >= 4 is 16.5 Å². The van der Waals surface area contributed by atoms with Crippen LogP contribution in [-0.2, 0) is 12.8 Å². The molecule has 2 aliphatic heterocycles. The van der Waals surface area contributed by atoms with E-state index in [-0.39, 0.29) is 0 Å². The molecule has 18 heavy (non-hydrogen) atoms. The van der Waals surface area contributed by atoms with Crippen molar-refractivity contribution in [2.45, 2.75) is 63.1 Å². The summed E-state index contributed by atoms with van der Waals surface area (Å²) in [5, 5.41) is 4.81. The molecule has 0 amide bonds. The third-order valence-corrected chi connectivity index (χ3v) is 6.12. The molecule has 1 aromatic heterocycles. The highest BCUT2D eigenvalue weighted by atomic mass is 32.1. The van der Waals surface area contributed by atoms with E-state index in [9.17, 15) is 0 Å². The number of piperidine rings is 1. The molecule has 2 saturated heterocycles. The van der Waals surface area contributed by atoms with Gasteiger partial charge in [0.15, 0.2) is 5.13 Å². The summed E-state index contributed by atoms with van der Waals surface area (Å²) in [6, 6.07) is 2.21. The van der Waals surface area contributed by atoms with Crippen LogP contribution in [0.15, 0.2) is 0 Å². The van der Waals surface area contributed by atoms with E-state index in [2.05, 4.69) is 17.3 Å². The summed E-state index contributed by atoms with van der Waals surface area (Å²) in [7, 11) is 2.11. The van der Waals surface area contributed by atoms with Crippen LogP contribution >= 0.6 is 11.3 Å². The first-order valence-corrected chi connectivity index (χ1v) is 8.11. The molecule has 0 radical (unpaired) electrons. The monoisotopic (exact) mass is 263 g/mol. The Labute approximate surface area is 113 Å². The number of thiazole rings is 1. The first kappa shape index (κ1) is 11.2. The van der Waals surface area contributed by atoms with Crippen LogP contribution in [-0.4, -0.2) is 30.2 Å². The molecule has 4 heteroatoms. The number of fused-ring (bicyclic) bond motifs is 3. The van der Waals surface area contributed by atoms with Gasteiger partial charge in [0.05, 0.1) is 5.69 Å². The van der Waals surface area contributed by atoms with Crippen LogP contribution < -0.4 is 10.2 Å². The van der Waals surface area contributed by atoms with Gasteiger partial charge in [0.2, 0.25) is 0 Å². The molecule has 3 heterocycles. The molecule has 0 spiro atoms. The van der Waals surface area contributed by atoms with Crippen molar-refractivity contribution in [3.63, 3.8) is 0 Å². The largest absolute Gasteiger partial charge is 0.342 e. The standard InChI is InChI=1S/C14H21N3S/c1-15-9-7-10-5-6-11(8-9)17(10)14-16-12-3-2-4-13(12)18-14/h9-11,15H,2-8H2,1H3. The highest BCUT2D eigenvalue weighted by Crippen LogP contribution is 2.42. The smallest absolute Gasteiger partial charge is 0.186 e. The second kappa shape index (κ2) is 4.20. The minimum Gasteiger partial charge on any atom is -0.342 e. The lowest BCUT2D eigenvalue weighted by Gasteiger charge is -2.38. The van der Waals surface area contributed by atoms with Crippen molar-refractivity contribution in [2.24, 2.45) is 0 Å². The van der Waals surface area contributed by atoms with E-state index >= 15 is 0 Å². The fourth-order valence-electron chi connectivity index (χ4n) is 4.01. The summed E-state index contributed by atoms with van der Waals surface area (Å²) in [5.74, 6) is 0. The van der Waals surface area contributed by atoms with E-state index in [1.54, 1.807) is 4.88 Å². The first-order chi connectivity index (χ1) is 8.85. The average molecular weight is 263 g/mol. The number of rotatable bonds is 2. The molecule has 4 rings (SSSR count). The van der Waals surface area contributed by atoms with Gasteiger partial charge in [-0.2, -0.15) is 0 Å². The summed E-state index contributed by atoms with van der Waals surface area (Å²) in [4.78, 5) is 9.16. The average Bonchev–Trinajstić information content (AvgIpc) is 3.00. The molecule has 2 fully saturated rings. The van der Waals surface area contributed by atoms with Gasteiger partial charge < -0.3 is 10.2 Å². The lowest BCUT2D eigenvalue weighted by atomic mass is 9.98. The second-order valence-electron chi connectivity index (χ2n) is 5.97. The van der Waals surface area contributed by atoms with Gasteiger partial charge in [-0.15, -0.1) is 11.3 Å². The van der Waals surface area contributed by atoms with Gasteiger partial charge in [-0.3, -0.25) is 0 Å². The molecule has 2 bridgehead atoms. The fourth-order valence-corrected chi connectivity index (χ4v) is 5.30. The maximum Gasteiger partial charge on any atom is 0.186 e. The summed E-state index contributed by atoms with van der Waals surface area (Å²) in [6.45, 7) is 0. The highest BCUT2D eigenvalue weighted by molar-refractivity contribution is 7.15. The van der Waals surface area contributed by atoms with Crippen molar-refractivity contribution in [3.05, 3.63) is 10.6 Å². The van der Waals surface area contributed by atoms with Crippen molar-refractivity contribution in [3.8, 4) is 0 Å². The number of aryl methyl sites for hydroxylation is 2.